The molecule has 4 heteroatoms. The highest BCUT2D eigenvalue weighted by molar-refractivity contribution is 4.85. The van der Waals surface area contributed by atoms with Crippen molar-refractivity contribution in [3.05, 3.63) is 10.1 Å². The Labute approximate surface area is 52.6 Å². The molecule has 1 saturated carbocycles. The third-order valence-electron chi connectivity index (χ3n) is 1.66. The Balaban J connectivity index is 2.17. The van der Waals surface area contributed by atoms with E-state index < -0.39 is 0 Å². The summed E-state index contributed by atoms with van der Waals surface area (Å²) in [5.41, 5.74) is 0. The highest BCUT2D eigenvalue weighted by Crippen LogP contribution is 2.35. The van der Waals surface area contributed by atoms with Gasteiger partial charge >= 0.3 is 0 Å². The summed E-state index contributed by atoms with van der Waals surface area (Å²) < 4.78 is 0. The summed E-state index contributed by atoms with van der Waals surface area (Å²) in [6.45, 7) is 0.0784. The van der Waals surface area contributed by atoms with Crippen LogP contribution in [0.2, 0.25) is 0 Å². The summed E-state index contributed by atoms with van der Waals surface area (Å²) in [6, 6.07) is -0.350. The van der Waals surface area contributed by atoms with Crippen LogP contribution >= 0.6 is 0 Å². The van der Waals surface area contributed by atoms with Gasteiger partial charge in [-0.25, -0.2) is 0 Å². The van der Waals surface area contributed by atoms with Crippen LogP contribution < -0.4 is 0 Å². The Morgan fingerprint density at radius 3 is 2.78 bits per heavy atom. The molecule has 0 aromatic heterocycles. The molecule has 0 amide bonds. The fourth-order valence-electron chi connectivity index (χ4n) is 0.966. The Hall–Kier alpha value is -0.640. The number of aliphatic hydroxyl groups is 1. The number of hydrogen-bond donors (Lipinski definition) is 1. The van der Waals surface area contributed by atoms with Gasteiger partial charge < -0.3 is 5.11 Å². The van der Waals surface area contributed by atoms with Crippen molar-refractivity contribution in [2.24, 2.45) is 5.92 Å². The quantitative estimate of drug-likeness (QED) is 0.434. The molecule has 4 nitrogen and oxygen atoms in total. The van der Waals surface area contributed by atoms with Crippen LogP contribution in [0.15, 0.2) is 0 Å². The molecular formula is C5H9NO3. The van der Waals surface area contributed by atoms with Crippen molar-refractivity contribution >= 4 is 0 Å². The standard InChI is InChI=1S/C5H9NO3/c7-2-1-4-3-5(4)6(8)9/h4-5,7H,1-3H2. The zero-order valence-corrected chi connectivity index (χ0v) is 4.99. The highest BCUT2D eigenvalue weighted by atomic mass is 16.6. The summed E-state index contributed by atoms with van der Waals surface area (Å²) in [6.07, 6.45) is 1.25. The van der Waals surface area contributed by atoms with Gasteiger partial charge in [0, 0.05) is 23.9 Å². The summed E-state index contributed by atoms with van der Waals surface area (Å²) >= 11 is 0. The molecule has 0 aliphatic heterocycles. The first-order valence-corrected chi connectivity index (χ1v) is 3.00. The molecule has 9 heavy (non-hydrogen) atoms. The van der Waals surface area contributed by atoms with E-state index in [1.54, 1.807) is 0 Å². The molecule has 1 aliphatic rings. The van der Waals surface area contributed by atoms with Gasteiger partial charge in [-0.3, -0.25) is 10.1 Å². The van der Waals surface area contributed by atoms with Crippen molar-refractivity contribution in [2.45, 2.75) is 18.9 Å². The van der Waals surface area contributed by atoms with E-state index in [1.807, 2.05) is 0 Å². The molecule has 1 aliphatic carbocycles. The van der Waals surface area contributed by atoms with Crippen molar-refractivity contribution in [3.8, 4) is 0 Å². The van der Waals surface area contributed by atoms with E-state index in [1.165, 1.54) is 0 Å². The topological polar surface area (TPSA) is 63.4 Å². The SMILES string of the molecule is O=[N+]([O-])C1CC1CCO. The molecule has 0 aromatic rings. The molecule has 2 atom stereocenters. The molecule has 0 spiro atoms. The van der Waals surface area contributed by atoms with Gasteiger partial charge in [-0.05, 0) is 6.42 Å². The predicted molar refractivity (Wildman–Crippen MR) is 30.6 cm³/mol. The van der Waals surface area contributed by atoms with Crippen LogP contribution in [0, 0.1) is 16.0 Å². The van der Waals surface area contributed by atoms with E-state index in [4.69, 9.17) is 5.11 Å². The van der Waals surface area contributed by atoms with E-state index in [-0.39, 0.29) is 23.5 Å². The Kier molecular flexibility index (Phi) is 1.66. The Morgan fingerprint density at radius 1 is 1.78 bits per heavy atom. The lowest BCUT2D eigenvalue weighted by atomic mass is 10.3. The van der Waals surface area contributed by atoms with Crippen LogP contribution in [-0.4, -0.2) is 22.7 Å². The average Bonchev–Trinajstić information content (AvgIpc) is 2.47. The number of nitro groups is 1. The van der Waals surface area contributed by atoms with E-state index in [0.717, 1.165) is 0 Å². The first-order chi connectivity index (χ1) is 4.25. The number of hydrogen-bond acceptors (Lipinski definition) is 3. The molecule has 52 valence electrons. The molecule has 0 radical (unpaired) electrons. The van der Waals surface area contributed by atoms with Crippen LogP contribution in [0.4, 0.5) is 0 Å². The van der Waals surface area contributed by atoms with Crippen molar-refractivity contribution in [3.63, 3.8) is 0 Å². The molecule has 0 bridgehead atoms. The van der Waals surface area contributed by atoms with Crippen LogP contribution in [0.3, 0.4) is 0 Å². The summed E-state index contributed by atoms with van der Waals surface area (Å²) in [5.74, 6) is 0.157. The Morgan fingerprint density at radius 2 is 2.44 bits per heavy atom. The lowest BCUT2D eigenvalue weighted by molar-refractivity contribution is -0.498. The minimum absolute atomic E-state index is 0.0784. The summed E-state index contributed by atoms with van der Waals surface area (Å²) in [7, 11) is 0. The van der Waals surface area contributed by atoms with E-state index in [0.29, 0.717) is 12.8 Å². The lowest BCUT2D eigenvalue weighted by Crippen LogP contribution is -2.03. The number of aliphatic hydroxyl groups excluding tert-OH is 1. The fraction of sp³-hybridized carbons (Fsp3) is 1.00. The predicted octanol–water partition coefficient (Wildman–Crippen LogP) is 0.0340. The van der Waals surface area contributed by atoms with Gasteiger partial charge in [-0.1, -0.05) is 0 Å². The molecular weight excluding hydrogens is 122 g/mol. The maximum Gasteiger partial charge on any atom is 0.216 e. The molecule has 2 unspecified atom stereocenters. The number of rotatable bonds is 3. The van der Waals surface area contributed by atoms with Gasteiger partial charge in [-0.2, -0.15) is 0 Å². The van der Waals surface area contributed by atoms with E-state index in [9.17, 15) is 10.1 Å². The molecule has 1 rings (SSSR count). The molecule has 0 heterocycles. The average molecular weight is 131 g/mol. The van der Waals surface area contributed by atoms with Gasteiger partial charge in [-0.15, -0.1) is 0 Å². The first-order valence-electron chi connectivity index (χ1n) is 3.00. The monoisotopic (exact) mass is 131 g/mol. The van der Waals surface area contributed by atoms with Crippen molar-refractivity contribution in [1.29, 1.82) is 0 Å². The maximum absolute atomic E-state index is 9.97. The molecule has 1 fully saturated rings. The second kappa shape index (κ2) is 2.31. The van der Waals surface area contributed by atoms with Gasteiger partial charge in [0.05, 0.1) is 0 Å². The lowest BCUT2D eigenvalue weighted by Gasteiger charge is -1.87. The van der Waals surface area contributed by atoms with E-state index in [2.05, 4.69) is 0 Å². The van der Waals surface area contributed by atoms with Crippen LogP contribution in [0.5, 0.6) is 0 Å². The summed E-state index contributed by atoms with van der Waals surface area (Å²) in [4.78, 5) is 9.71. The fourth-order valence-corrected chi connectivity index (χ4v) is 0.966. The van der Waals surface area contributed by atoms with Gasteiger partial charge in [0.25, 0.3) is 0 Å². The minimum atomic E-state index is -0.350. The van der Waals surface area contributed by atoms with Gasteiger partial charge in [0.2, 0.25) is 6.04 Å². The highest BCUT2D eigenvalue weighted by Gasteiger charge is 2.47. The normalized spacial score (nSPS) is 32.1. The number of nitrogens with zero attached hydrogens (tertiary/aromatic N) is 1. The van der Waals surface area contributed by atoms with Crippen molar-refractivity contribution in [1.82, 2.24) is 0 Å². The van der Waals surface area contributed by atoms with Crippen molar-refractivity contribution < 1.29 is 10.0 Å². The Bertz CT molecular complexity index is 125. The third-order valence-corrected chi connectivity index (χ3v) is 1.66. The zero-order valence-electron chi connectivity index (χ0n) is 4.99. The molecule has 0 aromatic carbocycles. The van der Waals surface area contributed by atoms with Crippen LogP contribution in [0.25, 0.3) is 0 Å². The van der Waals surface area contributed by atoms with Crippen molar-refractivity contribution in [2.75, 3.05) is 6.61 Å². The third kappa shape index (κ3) is 1.38. The smallest absolute Gasteiger partial charge is 0.216 e. The van der Waals surface area contributed by atoms with Gasteiger partial charge in [0.1, 0.15) is 0 Å². The van der Waals surface area contributed by atoms with Gasteiger partial charge in [0.15, 0.2) is 0 Å². The second-order valence-electron chi connectivity index (χ2n) is 2.36. The summed E-state index contributed by atoms with van der Waals surface area (Å²) in [5, 5.41) is 18.3. The molecule has 1 N–H and O–H groups in total. The minimum Gasteiger partial charge on any atom is -0.396 e. The maximum atomic E-state index is 9.97. The first kappa shape index (κ1) is 6.48. The zero-order chi connectivity index (χ0) is 6.85. The second-order valence-corrected chi connectivity index (χ2v) is 2.36. The van der Waals surface area contributed by atoms with Crippen LogP contribution in [0.1, 0.15) is 12.8 Å². The van der Waals surface area contributed by atoms with E-state index >= 15 is 0 Å². The van der Waals surface area contributed by atoms with Crippen LogP contribution in [-0.2, 0) is 0 Å². The largest absolute Gasteiger partial charge is 0.396 e. The molecule has 0 saturated heterocycles.